The third-order valence-electron chi connectivity index (χ3n) is 2.75. The van der Waals surface area contributed by atoms with Crippen LogP contribution in [0.2, 0.25) is 0 Å². The zero-order valence-corrected chi connectivity index (χ0v) is 9.24. The molecule has 0 aliphatic carbocycles. The SMILES string of the molecule is Cc1cc2c(cc1F)c(=O)n(C)c(=O)n2C. The lowest BCUT2D eigenvalue weighted by Crippen LogP contribution is -2.37. The van der Waals surface area contributed by atoms with Crippen molar-refractivity contribution < 1.29 is 4.39 Å². The van der Waals surface area contributed by atoms with E-state index in [1.165, 1.54) is 23.7 Å². The van der Waals surface area contributed by atoms with E-state index >= 15 is 0 Å². The Labute approximate surface area is 90.6 Å². The van der Waals surface area contributed by atoms with Crippen molar-refractivity contribution in [1.82, 2.24) is 9.13 Å². The number of halogens is 1. The summed E-state index contributed by atoms with van der Waals surface area (Å²) in [6, 6.07) is 2.68. The summed E-state index contributed by atoms with van der Waals surface area (Å²) in [5.41, 5.74) is -0.0248. The molecule has 5 heteroatoms. The third kappa shape index (κ3) is 1.28. The molecular weight excluding hydrogens is 211 g/mol. The van der Waals surface area contributed by atoms with Crippen LogP contribution >= 0.6 is 0 Å². The fourth-order valence-electron chi connectivity index (χ4n) is 1.71. The van der Waals surface area contributed by atoms with E-state index in [-0.39, 0.29) is 5.39 Å². The molecule has 1 heterocycles. The van der Waals surface area contributed by atoms with Gasteiger partial charge in [0.15, 0.2) is 0 Å². The lowest BCUT2D eigenvalue weighted by Gasteiger charge is -2.08. The number of rotatable bonds is 0. The van der Waals surface area contributed by atoms with Crippen molar-refractivity contribution in [3.63, 3.8) is 0 Å². The molecule has 0 N–H and O–H groups in total. The summed E-state index contributed by atoms with van der Waals surface area (Å²) in [6.45, 7) is 1.59. The highest BCUT2D eigenvalue weighted by Gasteiger charge is 2.10. The highest BCUT2D eigenvalue weighted by Crippen LogP contribution is 2.13. The number of hydrogen-bond donors (Lipinski definition) is 0. The van der Waals surface area contributed by atoms with Gasteiger partial charge in [0.1, 0.15) is 5.82 Å². The van der Waals surface area contributed by atoms with Crippen LogP contribution in [0.15, 0.2) is 21.7 Å². The van der Waals surface area contributed by atoms with Gasteiger partial charge in [-0.15, -0.1) is 0 Å². The largest absolute Gasteiger partial charge is 0.330 e. The predicted molar refractivity (Wildman–Crippen MR) is 59.1 cm³/mol. The van der Waals surface area contributed by atoms with Gasteiger partial charge in [0.25, 0.3) is 5.56 Å². The maximum Gasteiger partial charge on any atom is 0.330 e. The molecule has 0 spiro atoms. The van der Waals surface area contributed by atoms with Crippen molar-refractivity contribution in [3.8, 4) is 0 Å². The summed E-state index contributed by atoms with van der Waals surface area (Å²) in [7, 11) is 2.93. The van der Waals surface area contributed by atoms with E-state index in [0.717, 1.165) is 4.57 Å². The first-order valence-electron chi connectivity index (χ1n) is 4.79. The van der Waals surface area contributed by atoms with Crippen LogP contribution in [0.5, 0.6) is 0 Å². The lowest BCUT2D eigenvalue weighted by atomic mass is 10.1. The van der Waals surface area contributed by atoms with Gasteiger partial charge in [0.2, 0.25) is 0 Å². The second-order valence-electron chi connectivity index (χ2n) is 3.82. The van der Waals surface area contributed by atoms with Crippen LogP contribution in [0.3, 0.4) is 0 Å². The summed E-state index contributed by atoms with van der Waals surface area (Å²) in [5, 5.41) is 0.215. The van der Waals surface area contributed by atoms with Crippen molar-refractivity contribution in [2.24, 2.45) is 14.1 Å². The van der Waals surface area contributed by atoms with Gasteiger partial charge in [-0.3, -0.25) is 13.9 Å². The molecule has 0 saturated carbocycles. The van der Waals surface area contributed by atoms with E-state index in [9.17, 15) is 14.0 Å². The topological polar surface area (TPSA) is 44.0 Å². The van der Waals surface area contributed by atoms with E-state index in [1.807, 2.05) is 0 Å². The molecular formula is C11H11FN2O2. The second-order valence-corrected chi connectivity index (χ2v) is 3.82. The molecule has 1 aromatic heterocycles. The molecule has 16 heavy (non-hydrogen) atoms. The Morgan fingerprint density at radius 1 is 1.12 bits per heavy atom. The first-order valence-corrected chi connectivity index (χ1v) is 4.79. The Morgan fingerprint density at radius 3 is 2.38 bits per heavy atom. The van der Waals surface area contributed by atoms with E-state index in [2.05, 4.69) is 0 Å². The fourth-order valence-corrected chi connectivity index (χ4v) is 1.71. The molecule has 0 aliphatic rings. The first kappa shape index (κ1) is 10.6. The molecule has 0 bridgehead atoms. The van der Waals surface area contributed by atoms with Crippen molar-refractivity contribution >= 4 is 10.9 Å². The molecule has 0 fully saturated rings. The van der Waals surface area contributed by atoms with E-state index in [4.69, 9.17) is 0 Å². The molecule has 2 rings (SSSR count). The van der Waals surface area contributed by atoms with Crippen LogP contribution in [-0.2, 0) is 14.1 Å². The van der Waals surface area contributed by atoms with Gasteiger partial charge in [0.05, 0.1) is 10.9 Å². The van der Waals surface area contributed by atoms with Crippen molar-refractivity contribution in [1.29, 1.82) is 0 Å². The van der Waals surface area contributed by atoms with Crippen molar-refractivity contribution in [2.45, 2.75) is 6.92 Å². The van der Waals surface area contributed by atoms with Gasteiger partial charge in [-0.05, 0) is 24.6 Å². The molecule has 4 nitrogen and oxygen atoms in total. The maximum absolute atomic E-state index is 13.4. The average molecular weight is 222 g/mol. The summed E-state index contributed by atoms with van der Waals surface area (Å²) in [5.74, 6) is -0.441. The highest BCUT2D eigenvalue weighted by atomic mass is 19.1. The molecule has 0 atom stereocenters. The van der Waals surface area contributed by atoms with Crippen LogP contribution in [0, 0.1) is 12.7 Å². The Morgan fingerprint density at radius 2 is 1.75 bits per heavy atom. The minimum Gasteiger partial charge on any atom is -0.296 e. The van der Waals surface area contributed by atoms with Crippen LogP contribution in [0.1, 0.15) is 5.56 Å². The molecule has 0 amide bonds. The average Bonchev–Trinajstić information content (AvgIpc) is 2.26. The molecule has 0 unspecified atom stereocenters. The van der Waals surface area contributed by atoms with E-state index in [1.54, 1.807) is 14.0 Å². The monoisotopic (exact) mass is 222 g/mol. The zero-order chi connectivity index (χ0) is 12.0. The fraction of sp³-hybridized carbons (Fsp3) is 0.273. The molecule has 0 aliphatic heterocycles. The molecule has 84 valence electrons. The first-order chi connectivity index (χ1) is 7.43. The summed E-state index contributed by atoms with van der Waals surface area (Å²) in [4.78, 5) is 23.4. The van der Waals surface area contributed by atoms with Gasteiger partial charge >= 0.3 is 5.69 Å². The second kappa shape index (κ2) is 3.30. The van der Waals surface area contributed by atoms with Gasteiger partial charge in [-0.25, -0.2) is 9.18 Å². The number of aryl methyl sites for hydroxylation is 2. The Kier molecular flexibility index (Phi) is 2.18. The van der Waals surface area contributed by atoms with Crippen LogP contribution in [0.4, 0.5) is 4.39 Å². The normalized spacial score (nSPS) is 11.0. The van der Waals surface area contributed by atoms with Gasteiger partial charge in [-0.1, -0.05) is 0 Å². The highest BCUT2D eigenvalue weighted by molar-refractivity contribution is 5.78. The summed E-state index contributed by atoms with van der Waals surface area (Å²) < 4.78 is 15.7. The Hall–Kier alpha value is -1.91. The summed E-state index contributed by atoms with van der Waals surface area (Å²) >= 11 is 0. The quantitative estimate of drug-likeness (QED) is 0.658. The number of hydrogen-bond acceptors (Lipinski definition) is 2. The lowest BCUT2D eigenvalue weighted by molar-refractivity contribution is 0.618. The van der Waals surface area contributed by atoms with Crippen LogP contribution < -0.4 is 11.2 Å². The standard InChI is InChI=1S/C11H11FN2O2/c1-6-4-9-7(5-8(6)12)10(15)14(3)11(16)13(9)2/h4-5H,1-3H3. The number of fused-ring (bicyclic) bond motifs is 1. The maximum atomic E-state index is 13.4. The molecule has 2 aromatic rings. The minimum atomic E-state index is -0.475. The number of aromatic nitrogens is 2. The third-order valence-corrected chi connectivity index (χ3v) is 2.75. The number of benzene rings is 1. The zero-order valence-electron chi connectivity index (χ0n) is 9.24. The van der Waals surface area contributed by atoms with Crippen molar-refractivity contribution in [3.05, 3.63) is 44.4 Å². The van der Waals surface area contributed by atoms with E-state index < -0.39 is 17.1 Å². The number of nitrogens with zero attached hydrogens (tertiary/aromatic N) is 2. The van der Waals surface area contributed by atoms with Crippen LogP contribution in [0.25, 0.3) is 10.9 Å². The van der Waals surface area contributed by atoms with Crippen molar-refractivity contribution in [2.75, 3.05) is 0 Å². The predicted octanol–water partition coefficient (Wildman–Crippen LogP) is 0.685. The smallest absolute Gasteiger partial charge is 0.296 e. The molecule has 0 radical (unpaired) electrons. The van der Waals surface area contributed by atoms with Gasteiger partial charge in [0, 0.05) is 14.1 Å². The summed E-state index contributed by atoms with van der Waals surface area (Å²) in [6.07, 6.45) is 0. The van der Waals surface area contributed by atoms with Gasteiger partial charge in [-0.2, -0.15) is 0 Å². The molecule has 1 aromatic carbocycles. The minimum absolute atomic E-state index is 0.215. The van der Waals surface area contributed by atoms with E-state index in [0.29, 0.717) is 11.1 Å². The van der Waals surface area contributed by atoms with Gasteiger partial charge < -0.3 is 0 Å². The Bertz CT molecular complexity index is 698. The van der Waals surface area contributed by atoms with Crippen LogP contribution in [-0.4, -0.2) is 9.13 Å². The Balaban J connectivity index is 3.16. The molecule has 0 saturated heterocycles.